The van der Waals surface area contributed by atoms with Crippen molar-refractivity contribution in [3.05, 3.63) is 41.7 Å². The summed E-state index contributed by atoms with van der Waals surface area (Å²) in [5, 5.41) is 6.02. The number of carbonyl (C=O) groups is 1. The molecule has 2 amide bonds. The third-order valence-corrected chi connectivity index (χ3v) is 5.67. The molecule has 2 aromatic rings. The van der Waals surface area contributed by atoms with Crippen molar-refractivity contribution in [1.82, 2.24) is 15.2 Å². The summed E-state index contributed by atoms with van der Waals surface area (Å²) in [7, 11) is 0. The van der Waals surface area contributed by atoms with Crippen LogP contribution in [0.3, 0.4) is 0 Å². The molecule has 1 aromatic carbocycles. The van der Waals surface area contributed by atoms with Gasteiger partial charge in [0.05, 0.1) is 6.04 Å². The Hall–Kier alpha value is -2.35. The minimum absolute atomic E-state index is 0.115. The van der Waals surface area contributed by atoms with Crippen LogP contribution in [-0.4, -0.2) is 54.7 Å². The monoisotopic (exact) mass is 406 g/mol. The first-order valence-corrected chi connectivity index (χ1v) is 10.3. The highest BCUT2D eigenvalue weighted by atomic mass is 32.1. The summed E-state index contributed by atoms with van der Waals surface area (Å²) in [5.41, 5.74) is -0.233. The van der Waals surface area contributed by atoms with Gasteiger partial charge in [-0.05, 0) is 17.5 Å². The third kappa shape index (κ3) is 5.13. The Morgan fingerprint density at radius 1 is 1.29 bits per heavy atom. The molecule has 1 N–H and O–H groups in total. The summed E-state index contributed by atoms with van der Waals surface area (Å²) in [5.74, 6) is -0.206. The Labute approximate surface area is 169 Å². The van der Waals surface area contributed by atoms with Crippen molar-refractivity contribution in [2.75, 3.05) is 37.7 Å². The molecule has 1 aromatic heterocycles. The Morgan fingerprint density at radius 3 is 2.61 bits per heavy atom. The van der Waals surface area contributed by atoms with Crippen molar-refractivity contribution in [3.63, 3.8) is 0 Å². The Balaban J connectivity index is 1.55. The zero-order valence-electron chi connectivity index (χ0n) is 16.5. The van der Waals surface area contributed by atoms with Gasteiger partial charge in [-0.25, -0.2) is 14.2 Å². The van der Waals surface area contributed by atoms with Crippen molar-refractivity contribution in [2.24, 2.45) is 5.41 Å². The maximum atomic E-state index is 13.8. The number of anilines is 1. The van der Waals surface area contributed by atoms with Gasteiger partial charge in [0.1, 0.15) is 6.61 Å². The minimum atomic E-state index is -0.403. The highest BCUT2D eigenvalue weighted by Gasteiger charge is 2.30. The SMILES string of the molecule is CC(C)(C)C(COc1ccccc1F)NC(=O)N1CCN(c2nccs2)CC1. The van der Waals surface area contributed by atoms with E-state index in [-0.39, 0.29) is 29.8 Å². The number of halogens is 1. The number of hydrogen-bond acceptors (Lipinski definition) is 5. The maximum Gasteiger partial charge on any atom is 0.317 e. The molecule has 1 aliphatic heterocycles. The van der Waals surface area contributed by atoms with Crippen LogP contribution in [0.1, 0.15) is 20.8 Å². The topological polar surface area (TPSA) is 57.7 Å². The van der Waals surface area contributed by atoms with E-state index in [0.29, 0.717) is 13.1 Å². The molecule has 0 radical (unpaired) electrons. The number of piperazine rings is 1. The molecular weight excluding hydrogens is 379 g/mol. The van der Waals surface area contributed by atoms with E-state index in [9.17, 15) is 9.18 Å². The number of nitrogens with zero attached hydrogens (tertiary/aromatic N) is 3. The van der Waals surface area contributed by atoms with Crippen molar-refractivity contribution in [3.8, 4) is 5.75 Å². The van der Waals surface area contributed by atoms with Crippen LogP contribution in [-0.2, 0) is 0 Å². The number of aromatic nitrogens is 1. The molecule has 8 heteroatoms. The Morgan fingerprint density at radius 2 is 2.00 bits per heavy atom. The second-order valence-corrected chi connectivity index (χ2v) is 8.77. The van der Waals surface area contributed by atoms with Crippen molar-refractivity contribution >= 4 is 22.5 Å². The maximum absolute atomic E-state index is 13.8. The average molecular weight is 407 g/mol. The van der Waals surface area contributed by atoms with E-state index in [0.717, 1.165) is 18.2 Å². The first-order valence-electron chi connectivity index (χ1n) is 9.42. The van der Waals surface area contributed by atoms with Gasteiger partial charge in [-0.3, -0.25) is 0 Å². The lowest BCUT2D eigenvalue weighted by atomic mass is 9.87. The normalized spacial score (nSPS) is 16.0. The van der Waals surface area contributed by atoms with Gasteiger partial charge in [0.2, 0.25) is 0 Å². The molecule has 152 valence electrons. The van der Waals surface area contributed by atoms with E-state index in [4.69, 9.17) is 4.74 Å². The van der Waals surface area contributed by atoms with Crippen molar-refractivity contribution < 1.29 is 13.9 Å². The van der Waals surface area contributed by atoms with Gasteiger partial charge in [0.25, 0.3) is 0 Å². The number of nitrogens with one attached hydrogen (secondary N) is 1. The lowest BCUT2D eigenvalue weighted by molar-refractivity contribution is 0.148. The fraction of sp³-hybridized carbons (Fsp3) is 0.500. The molecule has 0 bridgehead atoms. The fourth-order valence-electron chi connectivity index (χ4n) is 2.96. The van der Waals surface area contributed by atoms with Crippen LogP contribution in [0.2, 0.25) is 0 Å². The van der Waals surface area contributed by atoms with Crippen molar-refractivity contribution in [2.45, 2.75) is 26.8 Å². The second kappa shape index (κ2) is 8.77. The molecule has 0 spiro atoms. The zero-order valence-corrected chi connectivity index (χ0v) is 17.3. The summed E-state index contributed by atoms with van der Waals surface area (Å²) in [6.45, 7) is 9.08. The lowest BCUT2D eigenvalue weighted by Crippen LogP contribution is -2.56. The van der Waals surface area contributed by atoms with Crippen LogP contribution in [0, 0.1) is 11.2 Å². The molecule has 1 saturated heterocycles. The van der Waals surface area contributed by atoms with E-state index in [1.54, 1.807) is 35.7 Å². The highest BCUT2D eigenvalue weighted by Crippen LogP contribution is 2.23. The van der Waals surface area contributed by atoms with E-state index in [1.165, 1.54) is 6.07 Å². The molecule has 2 heterocycles. The van der Waals surface area contributed by atoms with Crippen LogP contribution < -0.4 is 15.0 Å². The van der Waals surface area contributed by atoms with Crippen LogP contribution >= 0.6 is 11.3 Å². The van der Waals surface area contributed by atoms with Crippen LogP contribution in [0.25, 0.3) is 0 Å². The molecular formula is C20H27FN4O2S. The average Bonchev–Trinajstić information content (AvgIpc) is 3.20. The molecule has 1 unspecified atom stereocenters. The second-order valence-electron chi connectivity index (χ2n) is 7.90. The number of hydrogen-bond donors (Lipinski definition) is 1. The van der Waals surface area contributed by atoms with Gasteiger partial charge >= 0.3 is 6.03 Å². The number of benzene rings is 1. The van der Waals surface area contributed by atoms with Gasteiger partial charge < -0.3 is 19.9 Å². The number of urea groups is 1. The standard InChI is InChI=1S/C20H27FN4O2S/c1-20(2,3)17(14-27-16-7-5-4-6-15(16)21)23-18(26)24-9-11-25(12-10-24)19-22-8-13-28-19/h4-8,13,17H,9-12,14H2,1-3H3,(H,23,26). The van der Waals surface area contributed by atoms with E-state index < -0.39 is 5.82 Å². The third-order valence-electron chi connectivity index (χ3n) is 4.84. The molecule has 28 heavy (non-hydrogen) atoms. The largest absolute Gasteiger partial charge is 0.488 e. The quantitative estimate of drug-likeness (QED) is 0.824. The Bertz CT molecular complexity index is 771. The summed E-state index contributed by atoms with van der Waals surface area (Å²) >= 11 is 1.61. The summed E-state index contributed by atoms with van der Waals surface area (Å²) in [6, 6.07) is 5.94. The number of ether oxygens (including phenoxy) is 1. The highest BCUT2D eigenvalue weighted by molar-refractivity contribution is 7.13. The van der Waals surface area contributed by atoms with Gasteiger partial charge in [-0.1, -0.05) is 32.9 Å². The predicted octanol–water partition coefficient (Wildman–Crippen LogP) is 3.61. The predicted molar refractivity (Wildman–Crippen MR) is 110 cm³/mol. The van der Waals surface area contributed by atoms with Crippen LogP contribution in [0.5, 0.6) is 5.75 Å². The number of rotatable bonds is 5. The van der Waals surface area contributed by atoms with Gasteiger partial charge in [-0.2, -0.15) is 0 Å². The number of carbonyl (C=O) groups excluding carboxylic acids is 1. The van der Waals surface area contributed by atoms with Crippen molar-refractivity contribution in [1.29, 1.82) is 0 Å². The fourth-order valence-corrected chi connectivity index (χ4v) is 3.65. The van der Waals surface area contributed by atoms with Crippen LogP contribution in [0.15, 0.2) is 35.8 Å². The molecule has 0 aliphatic carbocycles. The zero-order chi connectivity index (χ0) is 20.1. The van der Waals surface area contributed by atoms with Crippen LogP contribution in [0.4, 0.5) is 14.3 Å². The summed E-state index contributed by atoms with van der Waals surface area (Å²) in [4.78, 5) is 21.1. The lowest BCUT2D eigenvalue weighted by Gasteiger charge is -2.37. The molecule has 0 saturated carbocycles. The van der Waals surface area contributed by atoms with E-state index in [2.05, 4.69) is 15.2 Å². The summed E-state index contributed by atoms with van der Waals surface area (Å²) < 4.78 is 19.5. The summed E-state index contributed by atoms with van der Waals surface area (Å²) in [6.07, 6.45) is 1.79. The molecule has 1 aliphatic rings. The smallest absolute Gasteiger partial charge is 0.317 e. The van der Waals surface area contributed by atoms with E-state index in [1.807, 2.05) is 31.1 Å². The molecule has 1 atom stereocenters. The van der Waals surface area contributed by atoms with Gasteiger partial charge in [0, 0.05) is 37.8 Å². The number of amides is 2. The van der Waals surface area contributed by atoms with E-state index >= 15 is 0 Å². The Kier molecular flexibility index (Phi) is 6.39. The number of thiazole rings is 1. The van der Waals surface area contributed by atoms with Gasteiger partial charge in [0.15, 0.2) is 16.7 Å². The van der Waals surface area contributed by atoms with Gasteiger partial charge in [-0.15, -0.1) is 11.3 Å². The first kappa shape index (κ1) is 20.4. The minimum Gasteiger partial charge on any atom is -0.488 e. The number of para-hydroxylation sites is 1. The molecule has 1 fully saturated rings. The molecule has 6 nitrogen and oxygen atoms in total. The first-order chi connectivity index (χ1) is 13.3. The molecule has 3 rings (SSSR count).